The molecule has 1 heterocycles. The molecule has 3 N–H and O–H groups in total. The summed E-state index contributed by atoms with van der Waals surface area (Å²) in [4.78, 5) is 26.2. The van der Waals surface area contributed by atoms with E-state index in [2.05, 4.69) is 0 Å². The number of benzene rings is 2. The van der Waals surface area contributed by atoms with Crippen LogP contribution in [-0.4, -0.2) is 42.8 Å². The molecule has 2 aromatic carbocycles. The molecule has 1 fully saturated rings. The van der Waals surface area contributed by atoms with Gasteiger partial charge in [-0.1, -0.05) is 36.4 Å². The molecule has 0 spiro atoms. The Kier molecular flexibility index (Phi) is 7.79. The van der Waals surface area contributed by atoms with Crippen molar-refractivity contribution in [2.45, 2.75) is 19.3 Å². The van der Waals surface area contributed by atoms with E-state index < -0.39 is 0 Å². The largest absolute Gasteiger partial charge is 0.469 e. The average molecular weight is 416 g/mol. The van der Waals surface area contributed by atoms with E-state index in [1.165, 1.54) is 7.11 Å². The van der Waals surface area contributed by atoms with Crippen molar-refractivity contribution < 1.29 is 14.3 Å². The molecule has 7 heteroatoms. The number of esters is 1. The first-order valence-corrected chi connectivity index (χ1v) is 9.39. The van der Waals surface area contributed by atoms with Gasteiger partial charge in [-0.25, -0.2) is 0 Å². The van der Waals surface area contributed by atoms with Crippen LogP contribution >= 0.6 is 12.4 Å². The first-order chi connectivity index (χ1) is 13.5. The molecule has 1 aliphatic heterocycles. The summed E-state index contributed by atoms with van der Waals surface area (Å²) in [6, 6.07) is 15.0. The molecule has 0 bridgehead atoms. The van der Waals surface area contributed by atoms with Crippen molar-refractivity contribution in [2.75, 3.05) is 20.2 Å². The van der Waals surface area contributed by atoms with Crippen LogP contribution in [0.3, 0.4) is 0 Å². The molecule has 1 aliphatic rings. The van der Waals surface area contributed by atoms with Gasteiger partial charge in [0, 0.05) is 30.6 Å². The maximum atomic E-state index is 12.8. The molecular formula is C22H26ClN3O3. The Morgan fingerprint density at radius 2 is 1.62 bits per heavy atom. The van der Waals surface area contributed by atoms with E-state index in [0.29, 0.717) is 30.6 Å². The number of methoxy groups -OCH3 is 1. The number of ether oxygens (including phenoxy) is 1. The minimum Gasteiger partial charge on any atom is -0.469 e. The Balaban J connectivity index is 0.00000300. The third-order valence-corrected chi connectivity index (χ3v) is 5.15. The summed E-state index contributed by atoms with van der Waals surface area (Å²) in [5.74, 6) is -0.0313. The van der Waals surface area contributed by atoms with Crippen LogP contribution in [0.2, 0.25) is 0 Å². The van der Waals surface area contributed by atoms with Gasteiger partial charge in [-0.2, -0.15) is 0 Å². The molecule has 0 radical (unpaired) electrons. The summed E-state index contributed by atoms with van der Waals surface area (Å²) in [6.07, 6.45) is 2.19. The second kappa shape index (κ2) is 10.1. The number of amidine groups is 1. The molecule has 2 aromatic rings. The van der Waals surface area contributed by atoms with Gasteiger partial charge in [0.1, 0.15) is 5.84 Å². The maximum absolute atomic E-state index is 12.8. The molecule has 1 atom stereocenters. The fraction of sp³-hybridized carbons (Fsp3) is 0.318. The number of likely N-dealkylation sites (tertiary alicyclic amines) is 1. The van der Waals surface area contributed by atoms with Crippen LogP contribution in [0.1, 0.15) is 35.2 Å². The van der Waals surface area contributed by atoms with Crippen molar-refractivity contribution >= 4 is 30.1 Å². The van der Waals surface area contributed by atoms with Crippen molar-refractivity contribution in [3.8, 4) is 11.1 Å². The van der Waals surface area contributed by atoms with E-state index in [0.717, 1.165) is 24.0 Å². The summed E-state index contributed by atoms with van der Waals surface area (Å²) in [5.41, 5.74) is 8.80. The zero-order valence-corrected chi connectivity index (χ0v) is 17.2. The van der Waals surface area contributed by atoms with E-state index in [9.17, 15) is 9.59 Å². The number of halogens is 1. The second-order valence-electron chi connectivity index (χ2n) is 7.11. The molecule has 3 rings (SSSR count). The number of nitrogens with zero attached hydrogens (tertiary/aromatic N) is 1. The van der Waals surface area contributed by atoms with Crippen molar-refractivity contribution in [1.82, 2.24) is 4.90 Å². The van der Waals surface area contributed by atoms with Crippen molar-refractivity contribution in [3.63, 3.8) is 0 Å². The van der Waals surface area contributed by atoms with Gasteiger partial charge in [-0.05, 0) is 42.0 Å². The van der Waals surface area contributed by atoms with Crippen molar-refractivity contribution in [3.05, 3.63) is 59.7 Å². The Hall–Kier alpha value is -2.86. The smallest absolute Gasteiger partial charge is 0.305 e. The van der Waals surface area contributed by atoms with Crippen LogP contribution in [0.4, 0.5) is 0 Å². The molecule has 1 unspecified atom stereocenters. The van der Waals surface area contributed by atoms with E-state index in [-0.39, 0.29) is 36.0 Å². The van der Waals surface area contributed by atoms with E-state index in [1.807, 2.05) is 53.4 Å². The van der Waals surface area contributed by atoms with Crippen LogP contribution in [0.5, 0.6) is 0 Å². The highest BCUT2D eigenvalue weighted by atomic mass is 35.5. The molecule has 0 aliphatic carbocycles. The lowest BCUT2D eigenvalue weighted by Crippen LogP contribution is -2.40. The molecular weight excluding hydrogens is 390 g/mol. The van der Waals surface area contributed by atoms with E-state index in [1.54, 1.807) is 0 Å². The number of carbonyl (C=O) groups excluding carboxylic acids is 2. The Bertz CT molecular complexity index is 866. The van der Waals surface area contributed by atoms with Crippen LogP contribution in [-0.2, 0) is 9.53 Å². The summed E-state index contributed by atoms with van der Waals surface area (Å²) in [5, 5.41) is 7.46. The maximum Gasteiger partial charge on any atom is 0.305 e. The number of piperidine rings is 1. The van der Waals surface area contributed by atoms with Crippen LogP contribution in [0.15, 0.2) is 48.5 Å². The molecule has 0 saturated carbocycles. The molecule has 1 amide bonds. The average Bonchev–Trinajstić information content (AvgIpc) is 2.73. The SMILES string of the molecule is COC(=O)CC1CCCN(C(=O)c2ccc(-c3ccc(C(=N)N)cc3)cc2)C1.Cl. The van der Waals surface area contributed by atoms with Gasteiger partial charge in [-0.15, -0.1) is 12.4 Å². The quantitative estimate of drug-likeness (QED) is 0.444. The Morgan fingerprint density at radius 3 is 2.14 bits per heavy atom. The van der Waals surface area contributed by atoms with Gasteiger partial charge >= 0.3 is 5.97 Å². The lowest BCUT2D eigenvalue weighted by molar-refractivity contribution is -0.142. The zero-order valence-electron chi connectivity index (χ0n) is 16.4. The van der Waals surface area contributed by atoms with E-state index in [4.69, 9.17) is 15.9 Å². The van der Waals surface area contributed by atoms with Crippen molar-refractivity contribution in [1.29, 1.82) is 5.41 Å². The van der Waals surface area contributed by atoms with Gasteiger partial charge < -0.3 is 15.4 Å². The number of rotatable bonds is 5. The Morgan fingerprint density at radius 1 is 1.07 bits per heavy atom. The Labute approximate surface area is 177 Å². The highest BCUT2D eigenvalue weighted by Crippen LogP contribution is 2.24. The van der Waals surface area contributed by atoms with Gasteiger partial charge in [0.2, 0.25) is 0 Å². The van der Waals surface area contributed by atoms with Crippen molar-refractivity contribution in [2.24, 2.45) is 11.7 Å². The number of hydrogen-bond acceptors (Lipinski definition) is 4. The second-order valence-corrected chi connectivity index (χ2v) is 7.11. The minimum atomic E-state index is -0.223. The number of carbonyl (C=O) groups is 2. The molecule has 154 valence electrons. The monoisotopic (exact) mass is 415 g/mol. The summed E-state index contributed by atoms with van der Waals surface area (Å²) >= 11 is 0. The highest BCUT2D eigenvalue weighted by molar-refractivity contribution is 5.96. The van der Waals surface area contributed by atoms with Gasteiger partial charge in [-0.3, -0.25) is 15.0 Å². The number of nitrogen functional groups attached to an aromatic ring is 1. The minimum absolute atomic E-state index is 0. The van der Waals surface area contributed by atoms with Gasteiger partial charge in [0.15, 0.2) is 0 Å². The van der Waals surface area contributed by atoms with E-state index >= 15 is 0 Å². The summed E-state index contributed by atoms with van der Waals surface area (Å²) in [6.45, 7) is 1.30. The standard InChI is InChI=1S/C22H25N3O3.ClH/c1-28-20(26)13-15-3-2-12-25(14-15)22(27)19-10-6-17(7-11-19)16-4-8-18(9-5-16)21(23)24;/h4-11,15H,2-3,12-14H2,1H3,(H3,23,24);1H. The zero-order chi connectivity index (χ0) is 20.1. The fourth-order valence-corrected chi connectivity index (χ4v) is 3.57. The summed E-state index contributed by atoms with van der Waals surface area (Å²) < 4.78 is 4.75. The fourth-order valence-electron chi connectivity index (χ4n) is 3.57. The lowest BCUT2D eigenvalue weighted by Gasteiger charge is -2.32. The number of amides is 1. The van der Waals surface area contributed by atoms with Crippen LogP contribution in [0.25, 0.3) is 11.1 Å². The number of nitrogens with one attached hydrogen (secondary N) is 1. The third-order valence-electron chi connectivity index (χ3n) is 5.15. The molecule has 29 heavy (non-hydrogen) atoms. The normalized spacial score (nSPS) is 15.9. The third kappa shape index (κ3) is 5.57. The number of hydrogen-bond donors (Lipinski definition) is 2. The molecule has 1 saturated heterocycles. The molecule has 0 aromatic heterocycles. The molecule has 6 nitrogen and oxygen atoms in total. The van der Waals surface area contributed by atoms with Gasteiger partial charge in [0.25, 0.3) is 5.91 Å². The summed E-state index contributed by atoms with van der Waals surface area (Å²) in [7, 11) is 1.39. The predicted molar refractivity (Wildman–Crippen MR) is 115 cm³/mol. The predicted octanol–water partition coefficient (Wildman–Crippen LogP) is 3.47. The lowest BCUT2D eigenvalue weighted by atomic mass is 9.94. The van der Waals surface area contributed by atoms with Crippen LogP contribution < -0.4 is 5.73 Å². The topological polar surface area (TPSA) is 96.5 Å². The highest BCUT2D eigenvalue weighted by Gasteiger charge is 2.26. The first-order valence-electron chi connectivity index (χ1n) is 9.39. The first kappa shape index (κ1) is 22.4. The van der Waals surface area contributed by atoms with Crippen LogP contribution in [0, 0.1) is 11.3 Å². The number of nitrogens with two attached hydrogens (primary N) is 1. The van der Waals surface area contributed by atoms with Gasteiger partial charge in [0.05, 0.1) is 7.11 Å².